The van der Waals surface area contributed by atoms with E-state index in [1.165, 1.54) is 0 Å². The highest BCUT2D eigenvalue weighted by Gasteiger charge is 2.23. The van der Waals surface area contributed by atoms with Crippen LogP contribution in [-0.2, 0) is 18.3 Å². The van der Waals surface area contributed by atoms with Gasteiger partial charge in [-0.2, -0.15) is 0 Å². The quantitative estimate of drug-likeness (QED) is 0.915. The molecule has 0 aliphatic carbocycles. The van der Waals surface area contributed by atoms with E-state index >= 15 is 0 Å². The molecule has 21 heavy (non-hydrogen) atoms. The maximum absolute atomic E-state index is 12.3. The lowest BCUT2D eigenvalue weighted by Gasteiger charge is -2.22. The Morgan fingerprint density at radius 3 is 2.62 bits per heavy atom. The lowest BCUT2D eigenvalue weighted by Crippen LogP contribution is -2.34. The molecule has 0 saturated carbocycles. The molecule has 0 radical (unpaired) electrons. The Hall–Kier alpha value is -2.11. The molecule has 2 rings (SSSR count). The Morgan fingerprint density at radius 1 is 1.43 bits per heavy atom. The molecular weight excluding hydrogens is 268 g/mol. The van der Waals surface area contributed by atoms with Gasteiger partial charge in [0.15, 0.2) is 0 Å². The summed E-state index contributed by atoms with van der Waals surface area (Å²) in [5.41, 5.74) is 1.62. The average Bonchev–Trinajstić information content (AvgIpc) is 2.96. The standard InChI is InChI=1S/C15H22N4O2/c1-9(2)14(15-16-6-7-19(15)5)17-13(20)8-12-10(3)18-21-11(12)4/h6-7,9,14H,8H2,1-5H3,(H,17,20)/t14-/m0/s1. The fourth-order valence-electron chi connectivity index (χ4n) is 2.35. The predicted octanol–water partition coefficient (Wildman–Crippen LogP) is 2.08. The number of hydrogen-bond donors (Lipinski definition) is 1. The number of rotatable bonds is 5. The molecule has 1 amide bonds. The number of carbonyl (C=O) groups excluding carboxylic acids is 1. The van der Waals surface area contributed by atoms with Crippen LogP contribution in [0.3, 0.4) is 0 Å². The van der Waals surface area contributed by atoms with E-state index in [9.17, 15) is 4.79 Å². The highest BCUT2D eigenvalue weighted by Crippen LogP contribution is 2.20. The number of aryl methyl sites for hydroxylation is 3. The molecule has 6 nitrogen and oxygen atoms in total. The predicted molar refractivity (Wildman–Crippen MR) is 78.6 cm³/mol. The zero-order valence-corrected chi connectivity index (χ0v) is 13.2. The number of hydrogen-bond acceptors (Lipinski definition) is 4. The second-order valence-corrected chi connectivity index (χ2v) is 5.67. The molecular formula is C15H22N4O2. The van der Waals surface area contributed by atoms with Gasteiger partial charge in [-0.05, 0) is 19.8 Å². The molecule has 2 heterocycles. The minimum absolute atomic E-state index is 0.0499. The molecule has 0 aliphatic rings. The van der Waals surface area contributed by atoms with Crippen LogP contribution in [-0.4, -0.2) is 20.6 Å². The van der Waals surface area contributed by atoms with Crippen molar-refractivity contribution in [3.8, 4) is 0 Å². The Morgan fingerprint density at radius 2 is 2.14 bits per heavy atom. The van der Waals surface area contributed by atoms with Crippen LogP contribution in [0.2, 0.25) is 0 Å². The van der Waals surface area contributed by atoms with Crippen molar-refractivity contribution in [3.05, 3.63) is 35.2 Å². The average molecular weight is 290 g/mol. The van der Waals surface area contributed by atoms with E-state index in [1.54, 1.807) is 6.20 Å². The van der Waals surface area contributed by atoms with Crippen molar-refractivity contribution in [1.29, 1.82) is 0 Å². The van der Waals surface area contributed by atoms with Gasteiger partial charge in [0.2, 0.25) is 5.91 Å². The zero-order valence-electron chi connectivity index (χ0n) is 13.2. The fraction of sp³-hybridized carbons (Fsp3) is 0.533. The smallest absolute Gasteiger partial charge is 0.225 e. The first-order valence-corrected chi connectivity index (χ1v) is 7.08. The number of nitrogens with one attached hydrogen (secondary N) is 1. The first-order valence-electron chi connectivity index (χ1n) is 7.08. The third kappa shape index (κ3) is 3.32. The van der Waals surface area contributed by atoms with Crippen molar-refractivity contribution in [1.82, 2.24) is 20.0 Å². The molecule has 0 unspecified atom stereocenters. The monoisotopic (exact) mass is 290 g/mol. The Bertz CT molecular complexity index is 608. The van der Waals surface area contributed by atoms with Crippen molar-refractivity contribution in [2.45, 2.75) is 40.2 Å². The van der Waals surface area contributed by atoms with Crippen molar-refractivity contribution in [2.75, 3.05) is 0 Å². The van der Waals surface area contributed by atoms with Crippen LogP contribution in [0.1, 0.15) is 42.7 Å². The Balaban J connectivity index is 2.11. The second-order valence-electron chi connectivity index (χ2n) is 5.67. The lowest BCUT2D eigenvalue weighted by atomic mass is 10.0. The molecule has 1 N–H and O–H groups in total. The third-order valence-corrected chi connectivity index (χ3v) is 3.64. The van der Waals surface area contributed by atoms with Crippen molar-refractivity contribution in [2.24, 2.45) is 13.0 Å². The van der Waals surface area contributed by atoms with E-state index in [0.29, 0.717) is 5.76 Å². The first-order chi connectivity index (χ1) is 9.90. The van der Waals surface area contributed by atoms with Gasteiger partial charge in [0, 0.05) is 25.0 Å². The highest BCUT2D eigenvalue weighted by atomic mass is 16.5. The van der Waals surface area contributed by atoms with Crippen LogP contribution in [0.25, 0.3) is 0 Å². The summed E-state index contributed by atoms with van der Waals surface area (Å²) in [7, 11) is 1.93. The summed E-state index contributed by atoms with van der Waals surface area (Å²) < 4.78 is 7.02. The minimum atomic E-state index is -0.113. The van der Waals surface area contributed by atoms with E-state index < -0.39 is 0 Å². The van der Waals surface area contributed by atoms with Crippen molar-refractivity contribution in [3.63, 3.8) is 0 Å². The molecule has 0 saturated heterocycles. The second kappa shape index (κ2) is 6.11. The summed E-state index contributed by atoms with van der Waals surface area (Å²) in [5, 5.41) is 6.94. The van der Waals surface area contributed by atoms with Gasteiger partial charge in [0.05, 0.1) is 18.2 Å². The van der Waals surface area contributed by atoms with Gasteiger partial charge >= 0.3 is 0 Å². The van der Waals surface area contributed by atoms with Crippen LogP contribution in [0.15, 0.2) is 16.9 Å². The minimum Gasteiger partial charge on any atom is -0.361 e. The van der Waals surface area contributed by atoms with Crippen molar-refractivity contribution < 1.29 is 9.32 Å². The molecule has 2 aromatic heterocycles. The van der Waals surface area contributed by atoms with Crippen LogP contribution in [0, 0.1) is 19.8 Å². The number of imidazole rings is 1. The summed E-state index contributed by atoms with van der Waals surface area (Å²) in [5.74, 6) is 1.75. The normalized spacial score (nSPS) is 12.7. The fourth-order valence-corrected chi connectivity index (χ4v) is 2.35. The summed E-state index contributed by atoms with van der Waals surface area (Å²) in [6, 6.07) is -0.113. The van der Waals surface area contributed by atoms with Crippen LogP contribution in [0.4, 0.5) is 0 Å². The van der Waals surface area contributed by atoms with Gasteiger partial charge < -0.3 is 14.4 Å². The number of amides is 1. The molecule has 0 spiro atoms. The topological polar surface area (TPSA) is 73.0 Å². The van der Waals surface area contributed by atoms with Gasteiger partial charge in [-0.3, -0.25) is 4.79 Å². The van der Waals surface area contributed by atoms with E-state index in [1.807, 2.05) is 31.7 Å². The molecule has 114 valence electrons. The van der Waals surface area contributed by atoms with Gasteiger partial charge in [-0.25, -0.2) is 4.98 Å². The summed E-state index contributed by atoms with van der Waals surface area (Å²) >= 11 is 0. The van der Waals surface area contributed by atoms with E-state index in [4.69, 9.17) is 4.52 Å². The Kier molecular flexibility index (Phi) is 4.45. The van der Waals surface area contributed by atoms with Gasteiger partial charge in [-0.1, -0.05) is 19.0 Å². The number of aromatic nitrogens is 3. The van der Waals surface area contributed by atoms with E-state index in [0.717, 1.165) is 17.1 Å². The summed E-state index contributed by atoms with van der Waals surface area (Å²) in [6.45, 7) is 7.80. The van der Waals surface area contributed by atoms with Crippen LogP contribution >= 0.6 is 0 Å². The largest absolute Gasteiger partial charge is 0.361 e. The van der Waals surface area contributed by atoms with Crippen molar-refractivity contribution >= 4 is 5.91 Å². The number of nitrogens with zero attached hydrogens (tertiary/aromatic N) is 3. The maximum atomic E-state index is 12.3. The van der Waals surface area contributed by atoms with E-state index in [-0.39, 0.29) is 24.3 Å². The Labute approximate surface area is 124 Å². The van der Waals surface area contributed by atoms with Gasteiger partial charge in [0.1, 0.15) is 11.6 Å². The molecule has 1 atom stereocenters. The van der Waals surface area contributed by atoms with Gasteiger partial charge in [0.25, 0.3) is 0 Å². The van der Waals surface area contributed by atoms with Crippen LogP contribution < -0.4 is 5.32 Å². The maximum Gasteiger partial charge on any atom is 0.225 e. The molecule has 0 bridgehead atoms. The summed E-state index contributed by atoms with van der Waals surface area (Å²) in [6.07, 6.45) is 3.89. The van der Waals surface area contributed by atoms with E-state index in [2.05, 4.69) is 29.3 Å². The first kappa shape index (κ1) is 15.3. The highest BCUT2D eigenvalue weighted by molar-refractivity contribution is 5.79. The zero-order chi connectivity index (χ0) is 15.6. The van der Waals surface area contributed by atoms with Crippen LogP contribution in [0.5, 0.6) is 0 Å². The molecule has 0 aromatic carbocycles. The molecule has 0 fully saturated rings. The lowest BCUT2D eigenvalue weighted by molar-refractivity contribution is -0.121. The summed E-state index contributed by atoms with van der Waals surface area (Å²) in [4.78, 5) is 16.7. The third-order valence-electron chi connectivity index (χ3n) is 3.64. The SMILES string of the molecule is Cc1noc(C)c1CC(=O)N[C@H](c1nccn1C)C(C)C. The molecule has 0 aliphatic heterocycles. The molecule has 2 aromatic rings. The molecule has 6 heteroatoms. The van der Waals surface area contributed by atoms with Gasteiger partial charge in [-0.15, -0.1) is 0 Å². The number of carbonyl (C=O) groups is 1.